The van der Waals surface area contributed by atoms with E-state index in [0.717, 1.165) is 11.3 Å². The summed E-state index contributed by atoms with van der Waals surface area (Å²) in [4.78, 5) is 0. The molecular formula is C11H17NO4S. The highest BCUT2D eigenvalue weighted by atomic mass is 32.2. The maximum atomic E-state index is 10.5. The van der Waals surface area contributed by atoms with Crippen LogP contribution >= 0.6 is 0 Å². The highest BCUT2D eigenvalue weighted by Crippen LogP contribution is 2.10. The van der Waals surface area contributed by atoms with Gasteiger partial charge in [-0.1, -0.05) is 12.1 Å². The minimum atomic E-state index is -3.84. The second-order valence-electron chi connectivity index (χ2n) is 3.78. The molecule has 0 aromatic heterocycles. The second-order valence-corrected chi connectivity index (χ2v) is 5.35. The molecule has 0 bridgehead atoms. The largest absolute Gasteiger partial charge is 0.392 e. The topological polar surface area (TPSA) is 86.6 Å². The fourth-order valence-corrected chi connectivity index (χ4v) is 1.99. The number of aliphatic hydroxyl groups is 1. The molecule has 0 unspecified atom stereocenters. The van der Waals surface area contributed by atoms with E-state index in [0.29, 0.717) is 19.4 Å². The van der Waals surface area contributed by atoms with Gasteiger partial charge in [-0.05, 0) is 30.5 Å². The fraction of sp³-hybridized carbons (Fsp3) is 0.455. The third-order valence-electron chi connectivity index (χ3n) is 2.27. The summed E-state index contributed by atoms with van der Waals surface area (Å²) in [7, 11) is -3.84. The van der Waals surface area contributed by atoms with Crippen molar-refractivity contribution >= 4 is 15.8 Å². The zero-order valence-electron chi connectivity index (χ0n) is 9.46. The van der Waals surface area contributed by atoms with Gasteiger partial charge in [-0.25, -0.2) is 0 Å². The maximum absolute atomic E-state index is 10.5. The summed E-state index contributed by atoms with van der Waals surface area (Å²) < 4.78 is 29.4. The van der Waals surface area contributed by atoms with Gasteiger partial charge < -0.3 is 10.4 Å². The Kier molecular flexibility index (Phi) is 5.40. The molecule has 0 atom stereocenters. The van der Waals surface area contributed by atoms with E-state index in [1.807, 2.05) is 24.3 Å². The van der Waals surface area contributed by atoms with E-state index in [2.05, 4.69) is 5.32 Å². The van der Waals surface area contributed by atoms with Crippen LogP contribution in [0.2, 0.25) is 0 Å². The van der Waals surface area contributed by atoms with Crippen LogP contribution < -0.4 is 5.32 Å². The van der Waals surface area contributed by atoms with E-state index in [9.17, 15) is 8.42 Å². The Morgan fingerprint density at radius 2 is 2.00 bits per heavy atom. The average molecular weight is 259 g/mol. The van der Waals surface area contributed by atoms with Crippen LogP contribution in [0.5, 0.6) is 0 Å². The molecule has 3 N–H and O–H groups in total. The average Bonchev–Trinajstić information content (AvgIpc) is 2.27. The number of nitrogens with one attached hydrogen (secondary N) is 1. The molecule has 0 aliphatic carbocycles. The van der Waals surface area contributed by atoms with Crippen molar-refractivity contribution in [1.29, 1.82) is 0 Å². The molecule has 1 aromatic rings. The fourth-order valence-electron chi connectivity index (χ4n) is 1.42. The smallest absolute Gasteiger partial charge is 0.264 e. The summed E-state index contributed by atoms with van der Waals surface area (Å²) in [6.07, 6.45) is 1.08. The molecule has 17 heavy (non-hydrogen) atoms. The molecule has 0 saturated heterocycles. The molecular weight excluding hydrogens is 242 g/mol. The lowest BCUT2D eigenvalue weighted by molar-refractivity contribution is 0.282. The lowest BCUT2D eigenvalue weighted by atomic mass is 10.2. The number of anilines is 1. The van der Waals surface area contributed by atoms with Crippen molar-refractivity contribution < 1.29 is 18.1 Å². The first kappa shape index (κ1) is 14.0. The molecule has 0 radical (unpaired) electrons. The van der Waals surface area contributed by atoms with E-state index in [1.165, 1.54) is 0 Å². The molecule has 0 aliphatic rings. The third-order valence-corrected chi connectivity index (χ3v) is 3.07. The molecule has 5 nitrogen and oxygen atoms in total. The van der Waals surface area contributed by atoms with Crippen LogP contribution in [0.25, 0.3) is 0 Å². The molecule has 0 amide bonds. The Balaban J connectivity index is 2.26. The van der Waals surface area contributed by atoms with E-state index >= 15 is 0 Å². The molecule has 1 rings (SSSR count). The van der Waals surface area contributed by atoms with Crippen LogP contribution in [0.4, 0.5) is 5.69 Å². The number of rotatable bonds is 7. The molecule has 6 heteroatoms. The normalized spacial score (nSPS) is 11.4. The molecule has 0 spiro atoms. The van der Waals surface area contributed by atoms with Gasteiger partial charge in [0.1, 0.15) is 0 Å². The van der Waals surface area contributed by atoms with Gasteiger partial charge in [0.25, 0.3) is 10.1 Å². The predicted octanol–water partition coefficient (Wildman–Crippen LogP) is 1.26. The number of unbranched alkanes of at least 4 members (excludes halogenated alkanes) is 1. The third kappa shape index (κ3) is 6.25. The van der Waals surface area contributed by atoms with Gasteiger partial charge in [0, 0.05) is 12.2 Å². The van der Waals surface area contributed by atoms with Crippen LogP contribution in [0, 0.1) is 0 Å². The minimum absolute atomic E-state index is 0.00171. The maximum Gasteiger partial charge on any atom is 0.264 e. The van der Waals surface area contributed by atoms with Gasteiger partial charge >= 0.3 is 0 Å². The molecule has 0 aliphatic heterocycles. The van der Waals surface area contributed by atoms with Crippen LogP contribution in [0.1, 0.15) is 18.4 Å². The zero-order chi connectivity index (χ0) is 12.7. The first-order valence-corrected chi connectivity index (χ1v) is 7.01. The Hall–Kier alpha value is -1.11. The van der Waals surface area contributed by atoms with Crippen molar-refractivity contribution in [3.8, 4) is 0 Å². The van der Waals surface area contributed by atoms with Gasteiger partial charge in [0.15, 0.2) is 0 Å². The van der Waals surface area contributed by atoms with Gasteiger partial charge in [-0.3, -0.25) is 4.55 Å². The van der Waals surface area contributed by atoms with E-state index in [-0.39, 0.29) is 12.4 Å². The SMILES string of the molecule is O=S(=O)(O)CCCCNc1cccc(CO)c1. The van der Waals surface area contributed by atoms with Gasteiger partial charge in [-0.15, -0.1) is 0 Å². The van der Waals surface area contributed by atoms with Crippen LogP contribution in [0.15, 0.2) is 24.3 Å². The first-order chi connectivity index (χ1) is 8.01. The standard InChI is InChI=1S/C11H17NO4S/c13-9-10-4-3-5-11(8-10)12-6-1-2-7-17(14,15)16/h3-5,8,12-13H,1-2,6-7,9H2,(H,14,15,16). The Labute approximate surface area is 101 Å². The summed E-state index contributed by atoms with van der Waals surface area (Å²) in [5.74, 6) is -0.203. The Bertz CT molecular complexity index is 445. The first-order valence-electron chi connectivity index (χ1n) is 5.40. The van der Waals surface area contributed by atoms with Crippen molar-refractivity contribution in [2.45, 2.75) is 19.4 Å². The van der Waals surface area contributed by atoms with Crippen molar-refractivity contribution in [2.24, 2.45) is 0 Å². The summed E-state index contributed by atoms with van der Waals surface area (Å²) in [5, 5.41) is 12.1. The number of hydrogen-bond acceptors (Lipinski definition) is 4. The summed E-state index contributed by atoms with van der Waals surface area (Å²) in [5.41, 5.74) is 1.72. The predicted molar refractivity (Wildman–Crippen MR) is 66.5 cm³/mol. The van der Waals surface area contributed by atoms with Crippen molar-refractivity contribution in [2.75, 3.05) is 17.6 Å². The molecule has 96 valence electrons. The van der Waals surface area contributed by atoms with Gasteiger partial charge in [0.05, 0.1) is 12.4 Å². The van der Waals surface area contributed by atoms with Gasteiger partial charge in [-0.2, -0.15) is 8.42 Å². The van der Waals surface area contributed by atoms with E-state index in [4.69, 9.17) is 9.66 Å². The highest BCUT2D eigenvalue weighted by Gasteiger charge is 2.02. The summed E-state index contributed by atoms with van der Waals surface area (Å²) >= 11 is 0. The minimum Gasteiger partial charge on any atom is -0.392 e. The van der Waals surface area contributed by atoms with Crippen LogP contribution in [0.3, 0.4) is 0 Å². The lowest BCUT2D eigenvalue weighted by Gasteiger charge is -2.07. The number of aliphatic hydroxyl groups excluding tert-OH is 1. The lowest BCUT2D eigenvalue weighted by Crippen LogP contribution is -2.07. The van der Waals surface area contributed by atoms with E-state index < -0.39 is 10.1 Å². The summed E-state index contributed by atoms with van der Waals surface area (Å²) in [6.45, 7) is 0.628. The van der Waals surface area contributed by atoms with Crippen LogP contribution in [-0.4, -0.2) is 30.4 Å². The van der Waals surface area contributed by atoms with Crippen molar-refractivity contribution in [3.05, 3.63) is 29.8 Å². The molecule has 0 heterocycles. The quantitative estimate of drug-likeness (QED) is 0.507. The van der Waals surface area contributed by atoms with Crippen molar-refractivity contribution in [3.63, 3.8) is 0 Å². The second kappa shape index (κ2) is 6.58. The molecule has 0 fully saturated rings. The highest BCUT2D eigenvalue weighted by molar-refractivity contribution is 7.85. The number of hydrogen-bond donors (Lipinski definition) is 3. The van der Waals surface area contributed by atoms with E-state index in [1.54, 1.807) is 0 Å². The van der Waals surface area contributed by atoms with Gasteiger partial charge in [0.2, 0.25) is 0 Å². The molecule has 0 saturated carbocycles. The number of benzene rings is 1. The summed E-state index contributed by atoms with van der Waals surface area (Å²) in [6, 6.07) is 7.38. The van der Waals surface area contributed by atoms with Crippen molar-refractivity contribution in [1.82, 2.24) is 0 Å². The Morgan fingerprint density at radius 1 is 1.24 bits per heavy atom. The Morgan fingerprint density at radius 3 is 2.65 bits per heavy atom. The molecule has 1 aromatic carbocycles. The van der Waals surface area contributed by atoms with Crippen LogP contribution in [-0.2, 0) is 16.7 Å². The monoisotopic (exact) mass is 259 g/mol. The zero-order valence-corrected chi connectivity index (χ0v) is 10.3.